The minimum absolute atomic E-state index is 0.320. The molecule has 0 aliphatic heterocycles. The van der Waals surface area contributed by atoms with Gasteiger partial charge in [0.05, 0.1) is 12.7 Å². The largest absolute Gasteiger partial charge is 0.450 e. The number of alkyl carbamates (subject to hydrolysis) is 1. The minimum Gasteiger partial charge on any atom is -0.450 e. The standard InChI is InChI=1S/C9H16N2O2/c1-4-9(5-2,7-10)11-8(12)13-6-3/h4-6H2,1-3H3,(H,11,12). The maximum absolute atomic E-state index is 11.1. The summed E-state index contributed by atoms with van der Waals surface area (Å²) in [5.74, 6) is 0. The summed E-state index contributed by atoms with van der Waals surface area (Å²) in [6.07, 6.45) is 0.644. The van der Waals surface area contributed by atoms with Crippen LogP contribution < -0.4 is 5.32 Å². The molecular formula is C9H16N2O2. The molecule has 1 N–H and O–H groups in total. The van der Waals surface area contributed by atoms with Crippen LogP contribution >= 0.6 is 0 Å². The number of nitriles is 1. The molecule has 4 heteroatoms. The Morgan fingerprint density at radius 3 is 2.31 bits per heavy atom. The van der Waals surface area contributed by atoms with Crippen LogP contribution in [0.3, 0.4) is 0 Å². The summed E-state index contributed by atoms with van der Waals surface area (Å²) in [5, 5.41) is 11.4. The number of carbonyl (C=O) groups excluding carboxylic acids is 1. The number of rotatable bonds is 4. The first kappa shape index (κ1) is 11.8. The lowest BCUT2D eigenvalue weighted by atomic mass is 9.95. The molecule has 0 saturated heterocycles. The number of ether oxygens (including phenoxy) is 1. The Labute approximate surface area is 78.9 Å². The molecule has 0 atom stereocenters. The van der Waals surface area contributed by atoms with Gasteiger partial charge in [0.15, 0.2) is 0 Å². The second-order valence-electron chi connectivity index (χ2n) is 2.75. The van der Waals surface area contributed by atoms with Gasteiger partial charge in [0, 0.05) is 0 Å². The van der Waals surface area contributed by atoms with E-state index in [9.17, 15) is 4.79 Å². The zero-order valence-electron chi connectivity index (χ0n) is 8.39. The van der Waals surface area contributed by atoms with Crippen LogP contribution in [0.25, 0.3) is 0 Å². The van der Waals surface area contributed by atoms with E-state index in [1.165, 1.54) is 0 Å². The van der Waals surface area contributed by atoms with Gasteiger partial charge in [0.1, 0.15) is 5.54 Å². The first-order valence-corrected chi connectivity index (χ1v) is 4.50. The van der Waals surface area contributed by atoms with E-state index in [1.54, 1.807) is 6.92 Å². The second kappa shape index (κ2) is 5.41. The molecular weight excluding hydrogens is 168 g/mol. The summed E-state index contributed by atoms with van der Waals surface area (Å²) in [6, 6.07) is 2.09. The van der Waals surface area contributed by atoms with Crippen LogP contribution in [0, 0.1) is 11.3 Å². The van der Waals surface area contributed by atoms with Gasteiger partial charge in [-0.15, -0.1) is 0 Å². The zero-order valence-corrected chi connectivity index (χ0v) is 8.39. The highest BCUT2D eigenvalue weighted by atomic mass is 16.5. The molecule has 0 heterocycles. The highest BCUT2D eigenvalue weighted by Gasteiger charge is 2.28. The number of nitrogens with zero attached hydrogens (tertiary/aromatic N) is 1. The number of nitrogens with one attached hydrogen (secondary N) is 1. The van der Waals surface area contributed by atoms with Crippen molar-refractivity contribution in [2.45, 2.75) is 39.2 Å². The lowest BCUT2D eigenvalue weighted by molar-refractivity contribution is 0.142. The minimum atomic E-state index is -0.772. The highest BCUT2D eigenvalue weighted by Crippen LogP contribution is 2.13. The highest BCUT2D eigenvalue weighted by molar-refractivity contribution is 5.68. The van der Waals surface area contributed by atoms with E-state index in [-0.39, 0.29) is 0 Å². The van der Waals surface area contributed by atoms with E-state index in [0.717, 1.165) is 0 Å². The molecule has 1 amide bonds. The monoisotopic (exact) mass is 184 g/mol. The van der Waals surface area contributed by atoms with Gasteiger partial charge in [-0.3, -0.25) is 0 Å². The molecule has 0 bridgehead atoms. The van der Waals surface area contributed by atoms with Gasteiger partial charge in [0.25, 0.3) is 0 Å². The number of carbonyl (C=O) groups is 1. The molecule has 0 aliphatic rings. The molecule has 0 aliphatic carbocycles. The van der Waals surface area contributed by atoms with Gasteiger partial charge < -0.3 is 10.1 Å². The van der Waals surface area contributed by atoms with Crippen molar-refractivity contribution in [1.82, 2.24) is 5.32 Å². The Hall–Kier alpha value is -1.24. The molecule has 0 fully saturated rings. The van der Waals surface area contributed by atoms with Crippen molar-refractivity contribution in [2.75, 3.05) is 6.61 Å². The average Bonchev–Trinajstić information content (AvgIpc) is 2.15. The predicted octanol–water partition coefficient (Wildman–Crippen LogP) is 1.81. The van der Waals surface area contributed by atoms with E-state index >= 15 is 0 Å². The number of hydrogen-bond acceptors (Lipinski definition) is 3. The summed E-state index contributed by atoms with van der Waals surface area (Å²) in [4.78, 5) is 11.1. The molecule has 0 radical (unpaired) electrons. The Kier molecular flexibility index (Phi) is 4.90. The van der Waals surface area contributed by atoms with Crippen LogP contribution in [-0.4, -0.2) is 18.2 Å². The van der Waals surface area contributed by atoms with Crippen LogP contribution in [0.2, 0.25) is 0 Å². The van der Waals surface area contributed by atoms with E-state index in [2.05, 4.69) is 11.4 Å². The van der Waals surface area contributed by atoms with Gasteiger partial charge in [-0.2, -0.15) is 5.26 Å². The van der Waals surface area contributed by atoms with Crippen molar-refractivity contribution in [3.8, 4) is 6.07 Å². The van der Waals surface area contributed by atoms with Crippen molar-refractivity contribution >= 4 is 6.09 Å². The SMILES string of the molecule is CCOC(=O)NC(C#N)(CC)CC. The molecule has 13 heavy (non-hydrogen) atoms. The Bertz CT molecular complexity index is 204. The molecule has 0 spiro atoms. The normalized spacial score (nSPS) is 10.3. The van der Waals surface area contributed by atoms with Gasteiger partial charge in [-0.25, -0.2) is 4.79 Å². The zero-order chi connectivity index (χ0) is 10.3. The maximum Gasteiger partial charge on any atom is 0.408 e. The van der Waals surface area contributed by atoms with Crippen LogP contribution in [-0.2, 0) is 4.74 Å². The molecule has 74 valence electrons. The first-order chi connectivity index (χ1) is 6.14. The van der Waals surface area contributed by atoms with Gasteiger partial charge in [-0.05, 0) is 19.8 Å². The molecule has 0 aromatic carbocycles. The van der Waals surface area contributed by atoms with E-state index < -0.39 is 11.6 Å². The topological polar surface area (TPSA) is 62.1 Å². The Morgan fingerprint density at radius 2 is 2.00 bits per heavy atom. The fourth-order valence-corrected chi connectivity index (χ4v) is 0.975. The maximum atomic E-state index is 11.1. The van der Waals surface area contributed by atoms with Crippen LogP contribution in [0.5, 0.6) is 0 Å². The Morgan fingerprint density at radius 1 is 1.46 bits per heavy atom. The van der Waals surface area contributed by atoms with Crippen molar-refractivity contribution in [2.24, 2.45) is 0 Å². The fourth-order valence-electron chi connectivity index (χ4n) is 0.975. The van der Waals surface area contributed by atoms with Crippen molar-refractivity contribution in [3.63, 3.8) is 0 Å². The van der Waals surface area contributed by atoms with Crippen LogP contribution in [0.15, 0.2) is 0 Å². The molecule has 4 nitrogen and oxygen atoms in total. The number of amides is 1. The third kappa shape index (κ3) is 3.32. The molecule has 0 saturated carbocycles. The van der Waals surface area contributed by atoms with Gasteiger partial charge >= 0.3 is 6.09 Å². The summed E-state index contributed by atoms with van der Waals surface area (Å²) in [6.45, 7) is 5.77. The first-order valence-electron chi connectivity index (χ1n) is 4.50. The summed E-state index contributed by atoms with van der Waals surface area (Å²) < 4.78 is 4.70. The summed E-state index contributed by atoms with van der Waals surface area (Å²) in [7, 11) is 0. The predicted molar refractivity (Wildman–Crippen MR) is 49.1 cm³/mol. The Balaban J connectivity index is 4.27. The summed E-state index contributed by atoms with van der Waals surface area (Å²) >= 11 is 0. The van der Waals surface area contributed by atoms with Crippen LogP contribution in [0.4, 0.5) is 4.79 Å². The van der Waals surface area contributed by atoms with E-state index in [0.29, 0.717) is 19.4 Å². The average molecular weight is 184 g/mol. The van der Waals surface area contributed by atoms with E-state index in [1.807, 2.05) is 13.8 Å². The smallest absolute Gasteiger partial charge is 0.408 e. The lowest BCUT2D eigenvalue weighted by Gasteiger charge is -2.23. The third-order valence-corrected chi connectivity index (χ3v) is 2.04. The van der Waals surface area contributed by atoms with Gasteiger partial charge in [-0.1, -0.05) is 13.8 Å². The summed E-state index contributed by atoms with van der Waals surface area (Å²) in [5.41, 5.74) is -0.772. The second-order valence-corrected chi connectivity index (χ2v) is 2.75. The van der Waals surface area contributed by atoms with Crippen LogP contribution in [0.1, 0.15) is 33.6 Å². The molecule has 0 unspecified atom stereocenters. The van der Waals surface area contributed by atoms with Crippen molar-refractivity contribution < 1.29 is 9.53 Å². The quantitative estimate of drug-likeness (QED) is 0.724. The van der Waals surface area contributed by atoms with Crippen molar-refractivity contribution in [1.29, 1.82) is 5.26 Å². The number of hydrogen-bond donors (Lipinski definition) is 1. The lowest BCUT2D eigenvalue weighted by Crippen LogP contribution is -2.46. The fraction of sp³-hybridized carbons (Fsp3) is 0.778. The molecule has 0 rings (SSSR count). The van der Waals surface area contributed by atoms with Gasteiger partial charge in [0.2, 0.25) is 0 Å². The molecule has 0 aromatic heterocycles. The van der Waals surface area contributed by atoms with Crippen molar-refractivity contribution in [3.05, 3.63) is 0 Å². The third-order valence-electron chi connectivity index (χ3n) is 2.04. The van der Waals surface area contributed by atoms with E-state index in [4.69, 9.17) is 10.00 Å². The molecule has 0 aromatic rings.